The summed E-state index contributed by atoms with van der Waals surface area (Å²) in [5.41, 5.74) is 5.59. The maximum absolute atomic E-state index is 12.7. The third kappa shape index (κ3) is 3.20. The highest BCUT2D eigenvalue weighted by Gasteiger charge is 2.32. The predicted octanol–water partition coefficient (Wildman–Crippen LogP) is -0.431. The number of rotatable bonds is 3. The molecule has 1 fully saturated rings. The van der Waals surface area contributed by atoms with Gasteiger partial charge in [-0.25, -0.2) is 8.42 Å². The lowest BCUT2D eigenvalue weighted by atomic mass is 10.3. The van der Waals surface area contributed by atoms with E-state index in [1.54, 1.807) is 7.05 Å². The Bertz CT molecular complexity index is 675. The summed E-state index contributed by atoms with van der Waals surface area (Å²) in [6, 6.07) is 2.90. The number of carbonyl (C=O) groups excluding carboxylic acids is 1. The van der Waals surface area contributed by atoms with Gasteiger partial charge in [-0.2, -0.15) is 4.31 Å². The molecule has 9 heteroatoms. The highest BCUT2D eigenvalue weighted by molar-refractivity contribution is 7.89. The number of pyridine rings is 1. The largest absolute Gasteiger partial charge is 0.388 e. The van der Waals surface area contributed by atoms with E-state index in [0.717, 1.165) is 4.31 Å². The van der Waals surface area contributed by atoms with E-state index in [4.69, 9.17) is 18.0 Å². The zero-order chi connectivity index (χ0) is 15.6. The molecule has 0 aliphatic carbocycles. The van der Waals surface area contributed by atoms with E-state index in [2.05, 4.69) is 4.98 Å². The molecular formula is C12H16N4O3S2. The number of hydrogen-bond acceptors (Lipinski definition) is 5. The summed E-state index contributed by atoms with van der Waals surface area (Å²) in [6.07, 6.45) is 2.00. The average Bonchev–Trinajstić information content (AvgIpc) is 2.61. The van der Waals surface area contributed by atoms with Gasteiger partial charge in [0, 0.05) is 26.3 Å². The summed E-state index contributed by atoms with van der Waals surface area (Å²) < 4.78 is 26.6. The minimum Gasteiger partial charge on any atom is -0.388 e. The number of aromatic nitrogens is 1. The quantitative estimate of drug-likeness (QED) is 0.756. The predicted molar refractivity (Wildman–Crippen MR) is 81.1 cm³/mol. The van der Waals surface area contributed by atoms with Crippen LogP contribution in [0.15, 0.2) is 23.2 Å². The smallest absolute Gasteiger partial charge is 0.245 e. The molecular weight excluding hydrogens is 312 g/mol. The van der Waals surface area contributed by atoms with Crippen LogP contribution in [0.1, 0.15) is 12.1 Å². The van der Waals surface area contributed by atoms with Gasteiger partial charge in [-0.1, -0.05) is 12.2 Å². The van der Waals surface area contributed by atoms with Crippen molar-refractivity contribution >= 4 is 33.1 Å². The third-order valence-corrected chi connectivity index (χ3v) is 5.33. The normalized spacial score (nSPS) is 17.6. The first kappa shape index (κ1) is 15.8. The van der Waals surface area contributed by atoms with Crippen LogP contribution in [0.25, 0.3) is 0 Å². The minimum absolute atomic E-state index is 0.0533. The van der Waals surface area contributed by atoms with Crippen LogP contribution >= 0.6 is 12.2 Å². The molecule has 1 aliphatic heterocycles. The van der Waals surface area contributed by atoms with E-state index in [9.17, 15) is 13.2 Å². The van der Waals surface area contributed by atoms with Crippen molar-refractivity contribution < 1.29 is 13.2 Å². The number of sulfonamides is 1. The van der Waals surface area contributed by atoms with Crippen molar-refractivity contribution in [2.75, 3.05) is 26.7 Å². The Balaban J connectivity index is 2.43. The number of nitrogens with zero attached hydrogens (tertiary/aromatic N) is 3. The standard InChI is InChI=1S/C12H16N4O3S2/c1-15-6-3-7-16(8-10(15)17)21(18,19)9-4-2-5-14-11(9)12(13)20/h2,4-5H,3,6-8H2,1H3,(H2,13,20). The molecule has 2 rings (SSSR count). The van der Waals surface area contributed by atoms with Gasteiger partial charge in [-0.05, 0) is 18.6 Å². The van der Waals surface area contributed by atoms with E-state index in [-0.39, 0.29) is 34.6 Å². The number of amides is 1. The number of hydrogen-bond donors (Lipinski definition) is 1. The number of nitrogens with two attached hydrogens (primary N) is 1. The van der Waals surface area contributed by atoms with Gasteiger partial charge in [0.05, 0.1) is 6.54 Å². The molecule has 0 bridgehead atoms. The fraction of sp³-hybridized carbons (Fsp3) is 0.417. The fourth-order valence-corrected chi connectivity index (χ4v) is 3.90. The van der Waals surface area contributed by atoms with Crippen molar-refractivity contribution in [3.63, 3.8) is 0 Å². The lowest BCUT2D eigenvalue weighted by molar-refractivity contribution is -0.129. The molecule has 2 N–H and O–H groups in total. The summed E-state index contributed by atoms with van der Waals surface area (Å²) in [6.45, 7) is 0.606. The molecule has 0 unspecified atom stereocenters. The van der Waals surface area contributed by atoms with E-state index >= 15 is 0 Å². The van der Waals surface area contributed by atoms with E-state index in [0.29, 0.717) is 13.0 Å². The molecule has 0 saturated carbocycles. The number of carbonyl (C=O) groups is 1. The van der Waals surface area contributed by atoms with Gasteiger partial charge in [0.2, 0.25) is 15.9 Å². The van der Waals surface area contributed by atoms with Gasteiger partial charge in [-0.15, -0.1) is 0 Å². The van der Waals surface area contributed by atoms with Crippen molar-refractivity contribution in [2.45, 2.75) is 11.3 Å². The zero-order valence-corrected chi connectivity index (χ0v) is 13.2. The van der Waals surface area contributed by atoms with Crippen LogP contribution in [0.3, 0.4) is 0 Å². The van der Waals surface area contributed by atoms with Crippen LogP contribution in [-0.4, -0.2) is 60.2 Å². The second kappa shape index (κ2) is 6.04. The lowest BCUT2D eigenvalue weighted by Crippen LogP contribution is -2.38. The summed E-state index contributed by atoms with van der Waals surface area (Å²) in [4.78, 5) is 17.2. The summed E-state index contributed by atoms with van der Waals surface area (Å²) in [7, 11) is -2.21. The number of likely N-dealkylation sites (N-methyl/N-ethyl adjacent to an activating group) is 1. The molecule has 1 aromatic heterocycles. The Hall–Kier alpha value is -1.58. The van der Waals surface area contributed by atoms with Crippen molar-refractivity contribution in [1.82, 2.24) is 14.2 Å². The minimum atomic E-state index is -3.86. The molecule has 7 nitrogen and oxygen atoms in total. The molecule has 0 spiro atoms. The molecule has 0 aromatic carbocycles. The van der Waals surface area contributed by atoms with E-state index in [1.807, 2.05) is 0 Å². The Labute approximate surface area is 128 Å². The average molecular weight is 328 g/mol. The lowest BCUT2D eigenvalue weighted by Gasteiger charge is -2.20. The van der Waals surface area contributed by atoms with Crippen LogP contribution in [0.2, 0.25) is 0 Å². The van der Waals surface area contributed by atoms with Crippen LogP contribution in [-0.2, 0) is 14.8 Å². The van der Waals surface area contributed by atoms with E-state index in [1.165, 1.54) is 23.2 Å². The molecule has 1 saturated heterocycles. The maximum Gasteiger partial charge on any atom is 0.245 e. The zero-order valence-electron chi connectivity index (χ0n) is 11.5. The van der Waals surface area contributed by atoms with Gasteiger partial charge in [0.25, 0.3) is 0 Å². The summed E-state index contributed by atoms with van der Waals surface area (Å²) >= 11 is 4.85. The molecule has 1 aromatic rings. The SMILES string of the molecule is CN1CCCN(S(=O)(=O)c2cccnc2C(N)=S)CC1=O. The Morgan fingerprint density at radius 3 is 2.81 bits per heavy atom. The number of thiocarbonyl (C=S) groups is 1. The van der Waals surface area contributed by atoms with Crippen molar-refractivity contribution in [1.29, 1.82) is 0 Å². The second-order valence-corrected chi connectivity index (χ2v) is 7.07. The van der Waals surface area contributed by atoms with Gasteiger partial charge < -0.3 is 10.6 Å². The highest BCUT2D eigenvalue weighted by atomic mass is 32.2. The molecule has 114 valence electrons. The Kier molecular flexibility index (Phi) is 4.55. The van der Waals surface area contributed by atoms with E-state index < -0.39 is 10.0 Å². The molecule has 1 amide bonds. The molecule has 21 heavy (non-hydrogen) atoms. The first-order chi connectivity index (χ1) is 9.84. The summed E-state index contributed by atoms with van der Waals surface area (Å²) in [5, 5.41) is 0. The maximum atomic E-state index is 12.7. The molecule has 1 aliphatic rings. The molecule has 0 atom stereocenters. The van der Waals surface area contributed by atoms with Gasteiger partial charge >= 0.3 is 0 Å². The van der Waals surface area contributed by atoms with Gasteiger partial charge in [0.15, 0.2) is 0 Å². The van der Waals surface area contributed by atoms with Gasteiger partial charge in [-0.3, -0.25) is 9.78 Å². The van der Waals surface area contributed by atoms with Crippen molar-refractivity contribution in [2.24, 2.45) is 5.73 Å². The monoisotopic (exact) mass is 328 g/mol. The van der Waals surface area contributed by atoms with Crippen LogP contribution in [0, 0.1) is 0 Å². The first-order valence-corrected chi connectivity index (χ1v) is 8.18. The van der Waals surface area contributed by atoms with Crippen molar-refractivity contribution in [3.8, 4) is 0 Å². The fourth-order valence-electron chi connectivity index (χ4n) is 2.09. The van der Waals surface area contributed by atoms with Crippen LogP contribution < -0.4 is 5.73 Å². The summed E-state index contributed by atoms with van der Waals surface area (Å²) in [5.74, 6) is -0.239. The Morgan fingerprint density at radius 1 is 1.43 bits per heavy atom. The Morgan fingerprint density at radius 2 is 2.14 bits per heavy atom. The van der Waals surface area contributed by atoms with Gasteiger partial charge in [0.1, 0.15) is 15.6 Å². The molecule has 2 heterocycles. The van der Waals surface area contributed by atoms with Crippen LogP contribution in [0.5, 0.6) is 0 Å². The topological polar surface area (TPSA) is 96.6 Å². The van der Waals surface area contributed by atoms with Crippen molar-refractivity contribution in [3.05, 3.63) is 24.0 Å². The van der Waals surface area contributed by atoms with Crippen LogP contribution in [0.4, 0.5) is 0 Å². The third-order valence-electron chi connectivity index (χ3n) is 3.26. The second-order valence-electron chi connectivity index (χ2n) is 4.72. The highest BCUT2D eigenvalue weighted by Crippen LogP contribution is 2.20. The first-order valence-electron chi connectivity index (χ1n) is 6.33. The molecule has 0 radical (unpaired) electrons.